The molecule has 0 saturated carbocycles. The molecule has 0 fully saturated rings. The molecule has 7 heteroatoms. The fourth-order valence-corrected chi connectivity index (χ4v) is 2.84. The zero-order chi connectivity index (χ0) is 22.6. The van der Waals surface area contributed by atoms with Gasteiger partial charge in [-0.1, -0.05) is 24.3 Å². The summed E-state index contributed by atoms with van der Waals surface area (Å²) in [7, 11) is 0. The highest BCUT2D eigenvalue weighted by Crippen LogP contribution is 2.17. The van der Waals surface area contributed by atoms with Crippen LogP contribution in [0.2, 0.25) is 0 Å². The smallest absolute Gasteiger partial charge is 0.191 e. The van der Waals surface area contributed by atoms with Crippen LogP contribution in [0.4, 0.5) is 0 Å². The molecule has 0 bridgehead atoms. The van der Waals surface area contributed by atoms with Gasteiger partial charge in [0.2, 0.25) is 0 Å². The van der Waals surface area contributed by atoms with Crippen molar-refractivity contribution in [2.45, 2.75) is 13.8 Å². The Hall–Kier alpha value is -3.58. The SMILES string of the molecule is C/C(=C/C(=O)c1ccccc1O)NCCNCCN/C(C)=C\C(=O)c1ccccc1O. The van der Waals surface area contributed by atoms with Gasteiger partial charge in [-0.15, -0.1) is 0 Å². The van der Waals surface area contributed by atoms with Gasteiger partial charge in [0.1, 0.15) is 11.5 Å². The molecule has 0 unspecified atom stereocenters. The second kappa shape index (κ2) is 12.2. The highest BCUT2D eigenvalue weighted by Gasteiger charge is 2.08. The number of allylic oxidation sites excluding steroid dienone is 4. The molecule has 0 aliphatic heterocycles. The lowest BCUT2D eigenvalue weighted by Crippen LogP contribution is -2.32. The van der Waals surface area contributed by atoms with Gasteiger partial charge in [-0.3, -0.25) is 9.59 Å². The largest absolute Gasteiger partial charge is 0.507 e. The van der Waals surface area contributed by atoms with E-state index in [1.54, 1.807) is 50.2 Å². The lowest BCUT2D eigenvalue weighted by molar-refractivity contribution is 0.103. The number of hydrogen-bond acceptors (Lipinski definition) is 7. The number of ketones is 2. The Morgan fingerprint density at radius 1 is 0.710 bits per heavy atom. The van der Waals surface area contributed by atoms with Crippen LogP contribution < -0.4 is 16.0 Å². The molecule has 0 amide bonds. The van der Waals surface area contributed by atoms with Crippen molar-refractivity contribution >= 4 is 11.6 Å². The number of aromatic hydroxyl groups is 2. The first kappa shape index (κ1) is 23.7. The highest BCUT2D eigenvalue weighted by atomic mass is 16.3. The second-order valence-electron chi connectivity index (χ2n) is 7.02. The first-order valence-corrected chi connectivity index (χ1v) is 10.1. The average molecular weight is 424 g/mol. The quantitative estimate of drug-likeness (QED) is 0.203. The lowest BCUT2D eigenvalue weighted by Gasteiger charge is -2.10. The van der Waals surface area contributed by atoms with Gasteiger partial charge in [0, 0.05) is 49.7 Å². The summed E-state index contributed by atoms with van der Waals surface area (Å²) >= 11 is 0. The molecule has 0 spiro atoms. The number of phenols is 2. The summed E-state index contributed by atoms with van der Waals surface area (Å²) in [5, 5.41) is 29.0. The fraction of sp³-hybridized carbons (Fsp3) is 0.250. The molecule has 0 aliphatic carbocycles. The predicted molar refractivity (Wildman–Crippen MR) is 121 cm³/mol. The van der Waals surface area contributed by atoms with Gasteiger partial charge in [0.05, 0.1) is 11.1 Å². The van der Waals surface area contributed by atoms with E-state index in [-0.39, 0.29) is 34.2 Å². The monoisotopic (exact) mass is 423 g/mol. The number of benzene rings is 2. The number of carbonyl (C=O) groups is 2. The summed E-state index contributed by atoms with van der Waals surface area (Å²) in [5.74, 6) is -0.559. The van der Waals surface area contributed by atoms with Gasteiger partial charge in [0.15, 0.2) is 11.6 Å². The molecular weight excluding hydrogens is 394 g/mol. The molecule has 0 radical (unpaired) electrons. The number of phenolic OH excluding ortho intramolecular Hbond substituents is 2. The Morgan fingerprint density at radius 2 is 1.10 bits per heavy atom. The van der Waals surface area contributed by atoms with E-state index in [1.807, 2.05) is 0 Å². The third-order valence-corrected chi connectivity index (χ3v) is 4.45. The van der Waals surface area contributed by atoms with E-state index >= 15 is 0 Å². The summed E-state index contributed by atoms with van der Waals surface area (Å²) in [6, 6.07) is 12.9. The number of carbonyl (C=O) groups excluding carboxylic acids is 2. The zero-order valence-corrected chi connectivity index (χ0v) is 17.8. The molecule has 0 atom stereocenters. The van der Waals surface area contributed by atoms with Crippen LogP contribution in [0.3, 0.4) is 0 Å². The number of hydrogen-bond donors (Lipinski definition) is 5. The van der Waals surface area contributed by atoms with Crippen LogP contribution in [0, 0.1) is 0 Å². The third kappa shape index (κ3) is 7.98. The Morgan fingerprint density at radius 3 is 1.48 bits per heavy atom. The molecule has 7 nitrogen and oxygen atoms in total. The van der Waals surface area contributed by atoms with Crippen LogP contribution in [0.1, 0.15) is 34.6 Å². The number of para-hydroxylation sites is 2. The Kier molecular flexibility index (Phi) is 9.32. The van der Waals surface area contributed by atoms with Crippen molar-refractivity contribution in [2.75, 3.05) is 26.2 Å². The van der Waals surface area contributed by atoms with Gasteiger partial charge >= 0.3 is 0 Å². The molecule has 5 N–H and O–H groups in total. The molecule has 164 valence electrons. The Bertz CT molecular complexity index is 889. The van der Waals surface area contributed by atoms with Crippen LogP contribution in [-0.4, -0.2) is 48.0 Å². The molecule has 0 aliphatic rings. The molecule has 31 heavy (non-hydrogen) atoms. The summed E-state index contributed by atoms with van der Waals surface area (Å²) in [6.07, 6.45) is 2.93. The average Bonchev–Trinajstić information content (AvgIpc) is 2.73. The van der Waals surface area contributed by atoms with E-state index in [0.717, 1.165) is 11.4 Å². The van der Waals surface area contributed by atoms with Crippen LogP contribution in [0.25, 0.3) is 0 Å². The summed E-state index contributed by atoms with van der Waals surface area (Å²) in [5.41, 5.74) is 1.98. The minimum Gasteiger partial charge on any atom is -0.507 e. The number of nitrogens with one attached hydrogen (secondary N) is 3. The van der Waals surface area contributed by atoms with Crippen molar-refractivity contribution in [3.8, 4) is 11.5 Å². The Balaban J connectivity index is 1.64. The summed E-state index contributed by atoms with van der Waals surface area (Å²) < 4.78 is 0. The molecule has 0 heterocycles. The summed E-state index contributed by atoms with van der Waals surface area (Å²) in [4.78, 5) is 24.3. The van der Waals surface area contributed by atoms with Gasteiger partial charge in [-0.2, -0.15) is 0 Å². The maximum absolute atomic E-state index is 12.2. The van der Waals surface area contributed by atoms with Crippen LogP contribution >= 0.6 is 0 Å². The minimum atomic E-state index is -0.249. The van der Waals surface area contributed by atoms with Crippen molar-refractivity contribution in [3.05, 3.63) is 83.2 Å². The van der Waals surface area contributed by atoms with E-state index in [1.165, 1.54) is 24.3 Å². The summed E-state index contributed by atoms with van der Waals surface area (Å²) in [6.45, 7) is 6.26. The molecule has 2 rings (SSSR count). The highest BCUT2D eigenvalue weighted by molar-refractivity contribution is 6.07. The predicted octanol–water partition coefficient (Wildman–Crippen LogP) is 2.74. The van der Waals surface area contributed by atoms with Crippen molar-refractivity contribution in [1.29, 1.82) is 0 Å². The zero-order valence-electron chi connectivity index (χ0n) is 17.8. The van der Waals surface area contributed by atoms with Crippen molar-refractivity contribution in [2.24, 2.45) is 0 Å². The lowest BCUT2D eigenvalue weighted by atomic mass is 10.1. The van der Waals surface area contributed by atoms with Gasteiger partial charge in [-0.25, -0.2) is 0 Å². The van der Waals surface area contributed by atoms with E-state index in [9.17, 15) is 19.8 Å². The third-order valence-electron chi connectivity index (χ3n) is 4.45. The second-order valence-corrected chi connectivity index (χ2v) is 7.02. The normalized spacial score (nSPS) is 11.8. The molecular formula is C24H29N3O4. The van der Waals surface area contributed by atoms with Gasteiger partial charge in [-0.05, 0) is 38.1 Å². The van der Waals surface area contributed by atoms with Crippen molar-refractivity contribution in [1.82, 2.24) is 16.0 Å². The minimum absolute atomic E-state index is 0.0303. The first-order chi connectivity index (χ1) is 14.9. The van der Waals surface area contributed by atoms with E-state index in [2.05, 4.69) is 16.0 Å². The van der Waals surface area contributed by atoms with Gasteiger partial charge < -0.3 is 26.2 Å². The van der Waals surface area contributed by atoms with Crippen molar-refractivity contribution in [3.63, 3.8) is 0 Å². The fourth-order valence-electron chi connectivity index (χ4n) is 2.84. The molecule has 0 aromatic heterocycles. The van der Waals surface area contributed by atoms with Gasteiger partial charge in [0.25, 0.3) is 0 Å². The van der Waals surface area contributed by atoms with E-state index < -0.39 is 0 Å². The first-order valence-electron chi connectivity index (χ1n) is 10.1. The molecule has 0 saturated heterocycles. The van der Waals surface area contributed by atoms with Crippen molar-refractivity contribution < 1.29 is 19.8 Å². The maximum Gasteiger partial charge on any atom is 0.191 e. The topological polar surface area (TPSA) is 111 Å². The van der Waals surface area contributed by atoms with E-state index in [4.69, 9.17) is 0 Å². The van der Waals surface area contributed by atoms with Crippen LogP contribution in [0.15, 0.2) is 72.1 Å². The van der Waals surface area contributed by atoms with Crippen LogP contribution in [0.5, 0.6) is 11.5 Å². The Labute approximate surface area is 182 Å². The van der Waals surface area contributed by atoms with E-state index in [0.29, 0.717) is 26.2 Å². The maximum atomic E-state index is 12.2. The van der Waals surface area contributed by atoms with Crippen LogP contribution in [-0.2, 0) is 0 Å². The standard InChI is InChI=1S/C24H29N3O4/c1-17(15-23(30)19-7-3-5-9-21(19)28)26-13-11-25-12-14-27-18(2)16-24(31)20-8-4-6-10-22(20)29/h3-10,15-16,25-29H,11-14H2,1-2H3/b17-15-,18-16-. The molecule has 2 aromatic carbocycles. The molecule has 2 aromatic rings. The number of rotatable bonds is 12.